The van der Waals surface area contributed by atoms with Crippen molar-refractivity contribution in [2.75, 3.05) is 17.1 Å². The molecule has 96 valence electrons. The Labute approximate surface area is 117 Å². The van der Waals surface area contributed by atoms with Crippen LogP contribution in [0, 0.1) is 0 Å². The van der Waals surface area contributed by atoms with Crippen LogP contribution >= 0.6 is 27.3 Å². The van der Waals surface area contributed by atoms with Crippen molar-refractivity contribution in [1.29, 1.82) is 0 Å². The Hall–Kier alpha value is -1.19. The molecule has 0 amide bonds. The maximum atomic E-state index is 12.2. The van der Waals surface area contributed by atoms with E-state index < -0.39 is 10.0 Å². The molecule has 0 aliphatic carbocycles. The molecule has 0 saturated carbocycles. The van der Waals surface area contributed by atoms with E-state index in [0.717, 1.165) is 3.79 Å². The van der Waals surface area contributed by atoms with E-state index in [9.17, 15) is 8.42 Å². The van der Waals surface area contributed by atoms with Gasteiger partial charge in [0, 0.05) is 13.2 Å². The smallest absolute Gasteiger partial charge is 0.267 e. The summed E-state index contributed by atoms with van der Waals surface area (Å²) >= 11 is 4.42. The Morgan fingerprint density at radius 2 is 2.17 bits per heavy atom. The minimum atomic E-state index is -3.69. The first kappa shape index (κ1) is 13.2. The van der Waals surface area contributed by atoms with Gasteiger partial charge in [-0.25, -0.2) is 18.4 Å². The van der Waals surface area contributed by atoms with Crippen LogP contribution in [0.15, 0.2) is 33.2 Å². The van der Waals surface area contributed by atoms with E-state index in [1.165, 1.54) is 29.8 Å². The average Bonchev–Trinajstić information content (AvgIpc) is 2.74. The minimum Gasteiger partial charge on any atom is -0.372 e. The van der Waals surface area contributed by atoms with E-state index in [2.05, 4.69) is 35.9 Å². The molecule has 2 aromatic rings. The lowest BCUT2D eigenvalue weighted by atomic mass is 10.5. The summed E-state index contributed by atoms with van der Waals surface area (Å²) in [5.41, 5.74) is 0. The lowest BCUT2D eigenvalue weighted by Gasteiger charge is -2.08. The molecule has 2 aromatic heterocycles. The van der Waals surface area contributed by atoms with E-state index in [0.29, 0.717) is 10.9 Å². The van der Waals surface area contributed by atoms with Crippen molar-refractivity contribution in [3.05, 3.63) is 28.3 Å². The van der Waals surface area contributed by atoms with Gasteiger partial charge in [-0.05, 0) is 28.1 Å². The predicted octanol–water partition coefficient (Wildman–Crippen LogP) is 2.14. The molecule has 0 aromatic carbocycles. The van der Waals surface area contributed by atoms with Crippen LogP contribution in [-0.2, 0) is 10.0 Å². The summed E-state index contributed by atoms with van der Waals surface area (Å²) in [5, 5.41) is 3.03. The molecule has 2 heterocycles. The number of aromatic nitrogens is 2. The zero-order valence-corrected chi connectivity index (χ0v) is 12.4. The van der Waals surface area contributed by atoms with Crippen molar-refractivity contribution in [2.24, 2.45) is 0 Å². The van der Waals surface area contributed by atoms with Crippen molar-refractivity contribution in [3.63, 3.8) is 0 Å². The van der Waals surface area contributed by atoms with Gasteiger partial charge in [-0.3, -0.25) is 4.72 Å². The molecule has 2 rings (SSSR count). The molecule has 0 unspecified atom stereocenters. The summed E-state index contributed by atoms with van der Waals surface area (Å²) in [6, 6.07) is 3.04. The number of hydrogen-bond donors (Lipinski definition) is 2. The van der Waals surface area contributed by atoms with Crippen molar-refractivity contribution in [3.8, 4) is 0 Å². The second kappa shape index (κ2) is 5.21. The number of thiazole rings is 1. The molecule has 0 fully saturated rings. The quantitative estimate of drug-likeness (QED) is 0.884. The molecule has 0 spiro atoms. The summed E-state index contributed by atoms with van der Waals surface area (Å²) in [6.45, 7) is 0. The van der Waals surface area contributed by atoms with Crippen molar-refractivity contribution >= 4 is 48.2 Å². The van der Waals surface area contributed by atoms with Gasteiger partial charge in [-0.15, -0.1) is 0 Å². The fraction of sp³-hybridized carbons (Fsp3) is 0.111. The lowest BCUT2D eigenvalue weighted by molar-refractivity contribution is 0.601. The summed E-state index contributed by atoms with van der Waals surface area (Å²) in [5.74, 6) is 0.292. The van der Waals surface area contributed by atoms with Gasteiger partial charge in [0.25, 0.3) is 10.0 Å². The minimum absolute atomic E-state index is 0.0822. The van der Waals surface area contributed by atoms with Gasteiger partial charge in [0.1, 0.15) is 10.7 Å². The molecule has 0 aliphatic heterocycles. The number of hydrogen-bond acceptors (Lipinski definition) is 6. The zero-order chi connectivity index (χ0) is 13.2. The molecule has 2 N–H and O–H groups in total. The number of nitrogens with one attached hydrogen (secondary N) is 2. The Morgan fingerprint density at radius 3 is 2.78 bits per heavy atom. The number of nitrogens with zero attached hydrogens (tertiary/aromatic N) is 2. The molecule has 0 radical (unpaired) electrons. The lowest BCUT2D eigenvalue weighted by Crippen LogP contribution is -2.15. The molecule has 0 atom stereocenters. The number of anilines is 2. The topological polar surface area (TPSA) is 84.0 Å². The van der Waals surface area contributed by atoms with Gasteiger partial charge in [0.2, 0.25) is 0 Å². The van der Waals surface area contributed by atoms with Crippen LogP contribution in [0.3, 0.4) is 0 Å². The third-order valence-electron chi connectivity index (χ3n) is 2.00. The predicted molar refractivity (Wildman–Crippen MR) is 74.4 cm³/mol. The summed E-state index contributed by atoms with van der Waals surface area (Å²) in [4.78, 5) is 7.96. The molecule has 0 saturated heterocycles. The highest BCUT2D eigenvalue weighted by molar-refractivity contribution is 9.11. The van der Waals surface area contributed by atoms with Crippen LogP contribution < -0.4 is 10.0 Å². The normalized spacial score (nSPS) is 11.2. The zero-order valence-electron chi connectivity index (χ0n) is 9.21. The molecule has 6 nitrogen and oxygen atoms in total. The summed E-state index contributed by atoms with van der Waals surface area (Å²) in [6.07, 6.45) is 3.05. The Balaban J connectivity index is 2.36. The Bertz CT molecular complexity index is 656. The SMILES string of the molecule is CNc1ncccc1S(=O)(=O)Nc1ncc(Br)s1. The first-order valence-electron chi connectivity index (χ1n) is 4.80. The maximum absolute atomic E-state index is 12.2. The standard InChI is InChI=1S/C9H9BrN4O2S2/c1-11-8-6(3-2-4-12-8)18(15,16)14-9-13-5-7(10)17-9/h2-5H,1H3,(H,11,12)(H,13,14). The van der Waals surface area contributed by atoms with Crippen molar-refractivity contribution in [2.45, 2.75) is 4.90 Å². The molecular weight excluding hydrogens is 340 g/mol. The van der Waals surface area contributed by atoms with Crippen molar-refractivity contribution in [1.82, 2.24) is 9.97 Å². The number of rotatable bonds is 4. The van der Waals surface area contributed by atoms with Gasteiger partial charge in [-0.1, -0.05) is 11.3 Å². The van der Waals surface area contributed by atoms with E-state index in [-0.39, 0.29) is 4.90 Å². The highest BCUT2D eigenvalue weighted by atomic mass is 79.9. The summed E-state index contributed by atoms with van der Waals surface area (Å²) < 4.78 is 27.5. The van der Waals surface area contributed by atoms with Crippen LogP contribution in [0.5, 0.6) is 0 Å². The first-order chi connectivity index (χ1) is 8.53. The molecule has 0 aliphatic rings. The van der Waals surface area contributed by atoms with Crippen LogP contribution in [0.2, 0.25) is 0 Å². The number of sulfonamides is 1. The van der Waals surface area contributed by atoms with Crippen LogP contribution in [0.4, 0.5) is 10.9 Å². The summed E-state index contributed by atoms with van der Waals surface area (Å²) in [7, 11) is -2.08. The van der Waals surface area contributed by atoms with E-state index in [1.54, 1.807) is 13.1 Å². The third kappa shape index (κ3) is 2.79. The Kier molecular flexibility index (Phi) is 3.83. The van der Waals surface area contributed by atoms with Gasteiger partial charge in [0.05, 0.1) is 9.98 Å². The molecule has 18 heavy (non-hydrogen) atoms. The molecule has 0 bridgehead atoms. The molecule has 9 heteroatoms. The third-order valence-corrected chi connectivity index (χ3v) is 4.89. The fourth-order valence-electron chi connectivity index (χ4n) is 1.27. The number of pyridine rings is 1. The average molecular weight is 349 g/mol. The van der Waals surface area contributed by atoms with E-state index >= 15 is 0 Å². The van der Waals surface area contributed by atoms with Crippen molar-refractivity contribution < 1.29 is 8.42 Å². The van der Waals surface area contributed by atoms with Gasteiger partial charge >= 0.3 is 0 Å². The second-order valence-electron chi connectivity index (χ2n) is 3.18. The highest BCUT2D eigenvalue weighted by Crippen LogP contribution is 2.26. The van der Waals surface area contributed by atoms with Gasteiger partial charge < -0.3 is 5.32 Å². The first-order valence-corrected chi connectivity index (χ1v) is 7.89. The van der Waals surface area contributed by atoms with E-state index in [4.69, 9.17) is 0 Å². The van der Waals surface area contributed by atoms with Gasteiger partial charge in [0.15, 0.2) is 5.13 Å². The fourth-order valence-corrected chi connectivity index (χ4v) is 3.78. The van der Waals surface area contributed by atoms with E-state index in [1.807, 2.05) is 0 Å². The van der Waals surface area contributed by atoms with Crippen LogP contribution in [0.1, 0.15) is 0 Å². The van der Waals surface area contributed by atoms with Crippen LogP contribution in [0.25, 0.3) is 0 Å². The molecular formula is C9H9BrN4O2S2. The monoisotopic (exact) mass is 348 g/mol. The highest BCUT2D eigenvalue weighted by Gasteiger charge is 2.20. The maximum Gasteiger partial charge on any atom is 0.267 e. The second-order valence-corrected chi connectivity index (χ2v) is 7.24. The largest absolute Gasteiger partial charge is 0.372 e. The number of halogens is 1. The van der Waals surface area contributed by atoms with Gasteiger partial charge in [-0.2, -0.15) is 0 Å². The van der Waals surface area contributed by atoms with Crippen LogP contribution in [-0.4, -0.2) is 25.4 Å². The Morgan fingerprint density at radius 1 is 1.39 bits per heavy atom.